The summed E-state index contributed by atoms with van der Waals surface area (Å²) in [6, 6.07) is 0. The summed E-state index contributed by atoms with van der Waals surface area (Å²) < 4.78 is 12.4. The molecule has 0 aliphatic heterocycles. The van der Waals surface area contributed by atoms with Crippen LogP contribution in [0.2, 0.25) is 0 Å². The molecule has 0 fully saturated rings. The van der Waals surface area contributed by atoms with E-state index in [0.29, 0.717) is 30.7 Å². The van der Waals surface area contributed by atoms with Crippen molar-refractivity contribution in [2.24, 2.45) is 0 Å². The molecule has 0 atom stereocenters. The Morgan fingerprint density at radius 3 is 1.32 bits per heavy atom. The summed E-state index contributed by atoms with van der Waals surface area (Å²) in [6.07, 6.45) is 1.38. The van der Waals surface area contributed by atoms with Crippen LogP contribution in [-0.4, -0.2) is 25.2 Å². The van der Waals surface area contributed by atoms with Gasteiger partial charge in [-0.05, 0) is 76.6 Å². The summed E-state index contributed by atoms with van der Waals surface area (Å²) in [7, 11) is 0. The van der Waals surface area contributed by atoms with Gasteiger partial charge in [-0.3, -0.25) is 0 Å². The number of carbonyl (C=O) groups excluding carboxylic acids is 2. The number of ether oxygens (including phenoxy) is 2. The van der Waals surface area contributed by atoms with Gasteiger partial charge in [0.2, 0.25) is 0 Å². The lowest BCUT2D eigenvalue weighted by atomic mass is 10.1. The van der Waals surface area contributed by atoms with Gasteiger partial charge in [0.15, 0.2) is 0 Å². The maximum Gasteiger partial charge on any atom is 0.340 e. The summed E-state index contributed by atoms with van der Waals surface area (Å²) in [5.74, 6) is -1.16. The van der Waals surface area contributed by atoms with Gasteiger partial charge in [0, 0.05) is 17.9 Å². The number of hydrogen-bond donors (Lipinski definition) is 0. The van der Waals surface area contributed by atoms with Crippen molar-refractivity contribution in [1.82, 2.24) is 0 Å². The number of rotatable bonds is 6. The van der Waals surface area contributed by atoms with Crippen LogP contribution in [0.5, 0.6) is 0 Å². The van der Waals surface area contributed by atoms with Crippen molar-refractivity contribution in [1.29, 1.82) is 0 Å². The van der Waals surface area contributed by atoms with Crippen molar-refractivity contribution >= 4 is 75.7 Å². The average Bonchev–Trinajstić information content (AvgIpc) is 2.51. The monoisotopic (exact) mass is 562 g/mol. The SMILES string of the molecule is CCCOC(=O)c1c(Br)c(Br)c(Br)c(Br)c1C(=O)OCCC. The van der Waals surface area contributed by atoms with E-state index in [-0.39, 0.29) is 24.3 Å². The molecule has 0 saturated carbocycles. The molecule has 1 aromatic rings. The highest BCUT2D eigenvalue weighted by molar-refractivity contribution is 9.15. The van der Waals surface area contributed by atoms with Crippen LogP contribution in [0.3, 0.4) is 0 Å². The first-order chi connectivity index (χ1) is 10.4. The van der Waals surface area contributed by atoms with Crippen LogP contribution in [0, 0.1) is 0 Å². The number of esters is 2. The van der Waals surface area contributed by atoms with Crippen molar-refractivity contribution < 1.29 is 19.1 Å². The molecule has 0 heterocycles. The molecule has 8 heteroatoms. The van der Waals surface area contributed by atoms with Gasteiger partial charge in [0.25, 0.3) is 0 Å². The van der Waals surface area contributed by atoms with Crippen molar-refractivity contribution in [2.75, 3.05) is 13.2 Å². The lowest BCUT2D eigenvalue weighted by molar-refractivity contribution is 0.0456. The Morgan fingerprint density at radius 2 is 1.05 bits per heavy atom. The molecular formula is C14H14Br4O4. The van der Waals surface area contributed by atoms with E-state index in [1.54, 1.807) is 0 Å². The smallest absolute Gasteiger partial charge is 0.340 e. The summed E-state index contributed by atoms with van der Waals surface area (Å²) in [5.41, 5.74) is 0.271. The van der Waals surface area contributed by atoms with Gasteiger partial charge in [0.05, 0.1) is 24.3 Å². The Balaban J connectivity index is 3.44. The highest BCUT2D eigenvalue weighted by Gasteiger charge is 2.29. The molecule has 22 heavy (non-hydrogen) atoms. The van der Waals surface area contributed by atoms with Gasteiger partial charge in [-0.15, -0.1) is 0 Å². The zero-order chi connectivity index (χ0) is 16.9. The first kappa shape index (κ1) is 20.1. The van der Waals surface area contributed by atoms with Gasteiger partial charge in [-0.2, -0.15) is 0 Å². The molecule has 0 aromatic heterocycles. The highest BCUT2D eigenvalue weighted by atomic mass is 79.9. The Kier molecular flexibility index (Phi) is 8.59. The summed E-state index contributed by atoms with van der Waals surface area (Å²) in [6.45, 7) is 4.35. The Labute approximate surface area is 162 Å². The van der Waals surface area contributed by atoms with Crippen LogP contribution in [0.4, 0.5) is 0 Å². The normalized spacial score (nSPS) is 10.5. The molecule has 0 aliphatic rings. The van der Waals surface area contributed by atoms with Gasteiger partial charge in [-0.1, -0.05) is 13.8 Å². The second kappa shape index (κ2) is 9.39. The predicted octanol–water partition coefficient (Wildman–Crippen LogP) is 5.87. The Bertz CT molecular complexity index is 536. The molecule has 0 bridgehead atoms. The first-order valence-corrected chi connectivity index (χ1v) is 9.74. The minimum atomic E-state index is -0.578. The lowest BCUT2D eigenvalue weighted by Gasteiger charge is -2.15. The fraction of sp³-hybridized carbons (Fsp3) is 0.429. The molecule has 0 amide bonds. The van der Waals surface area contributed by atoms with Crippen LogP contribution in [0.15, 0.2) is 17.9 Å². The summed E-state index contributed by atoms with van der Waals surface area (Å²) in [5, 5.41) is 0. The Morgan fingerprint density at radius 1 is 0.727 bits per heavy atom. The standard InChI is InChI=1S/C14H14Br4O4/c1-3-5-21-13(19)7-8(14(20)22-6-4-2)10(16)12(18)11(17)9(7)15/h3-6H2,1-2H3. The molecule has 0 spiro atoms. The molecule has 0 aliphatic carbocycles. The lowest BCUT2D eigenvalue weighted by Crippen LogP contribution is -2.17. The van der Waals surface area contributed by atoms with Crippen molar-refractivity contribution in [3.8, 4) is 0 Å². The fourth-order valence-corrected chi connectivity index (χ4v) is 3.99. The van der Waals surface area contributed by atoms with Crippen molar-refractivity contribution in [3.05, 3.63) is 29.0 Å². The van der Waals surface area contributed by atoms with E-state index in [1.165, 1.54) is 0 Å². The zero-order valence-corrected chi connectivity index (χ0v) is 18.3. The van der Waals surface area contributed by atoms with Crippen molar-refractivity contribution in [2.45, 2.75) is 26.7 Å². The second-order valence-electron chi connectivity index (χ2n) is 4.28. The topological polar surface area (TPSA) is 52.6 Å². The fourth-order valence-electron chi connectivity index (χ4n) is 1.55. The van der Waals surface area contributed by atoms with Crippen molar-refractivity contribution in [3.63, 3.8) is 0 Å². The third kappa shape index (κ3) is 4.55. The molecule has 0 radical (unpaired) electrons. The van der Waals surface area contributed by atoms with E-state index >= 15 is 0 Å². The van der Waals surface area contributed by atoms with Crippen LogP contribution in [0.25, 0.3) is 0 Å². The van der Waals surface area contributed by atoms with E-state index in [1.807, 2.05) is 13.8 Å². The molecule has 1 rings (SSSR count). The third-order valence-electron chi connectivity index (χ3n) is 2.55. The van der Waals surface area contributed by atoms with Gasteiger partial charge < -0.3 is 9.47 Å². The second-order valence-corrected chi connectivity index (χ2v) is 7.45. The van der Waals surface area contributed by atoms with Crippen LogP contribution >= 0.6 is 63.7 Å². The minimum Gasteiger partial charge on any atom is -0.462 e. The van der Waals surface area contributed by atoms with E-state index in [2.05, 4.69) is 63.7 Å². The van der Waals surface area contributed by atoms with Gasteiger partial charge >= 0.3 is 11.9 Å². The molecule has 1 aromatic carbocycles. The minimum absolute atomic E-state index is 0.136. The zero-order valence-electron chi connectivity index (χ0n) is 12.0. The van der Waals surface area contributed by atoms with Gasteiger partial charge in [-0.25, -0.2) is 9.59 Å². The molecule has 122 valence electrons. The largest absolute Gasteiger partial charge is 0.462 e. The van der Waals surface area contributed by atoms with E-state index in [0.717, 1.165) is 0 Å². The van der Waals surface area contributed by atoms with E-state index < -0.39 is 11.9 Å². The van der Waals surface area contributed by atoms with Crippen LogP contribution in [0.1, 0.15) is 47.4 Å². The quantitative estimate of drug-likeness (QED) is 0.246. The first-order valence-electron chi connectivity index (χ1n) is 6.56. The maximum atomic E-state index is 12.3. The third-order valence-corrected chi connectivity index (χ3v) is 7.32. The average molecular weight is 566 g/mol. The number of benzene rings is 1. The summed E-state index contributed by atoms with van der Waals surface area (Å²) >= 11 is 13.4. The van der Waals surface area contributed by atoms with Crippen LogP contribution in [-0.2, 0) is 9.47 Å². The molecule has 0 unspecified atom stereocenters. The van der Waals surface area contributed by atoms with Crippen LogP contribution < -0.4 is 0 Å². The highest BCUT2D eigenvalue weighted by Crippen LogP contribution is 2.42. The maximum absolute atomic E-state index is 12.3. The molecule has 0 N–H and O–H groups in total. The summed E-state index contributed by atoms with van der Waals surface area (Å²) in [4.78, 5) is 24.6. The number of carbonyl (C=O) groups is 2. The number of hydrogen-bond acceptors (Lipinski definition) is 4. The van der Waals surface area contributed by atoms with E-state index in [9.17, 15) is 9.59 Å². The molecule has 4 nitrogen and oxygen atoms in total. The molecule has 0 saturated heterocycles. The van der Waals surface area contributed by atoms with Gasteiger partial charge in [0.1, 0.15) is 0 Å². The predicted molar refractivity (Wildman–Crippen MR) is 98.4 cm³/mol. The molecular weight excluding hydrogens is 552 g/mol. The number of halogens is 4. The van der Waals surface area contributed by atoms with E-state index in [4.69, 9.17) is 9.47 Å². The Hall–Kier alpha value is 0.0800.